The molecule has 2 unspecified atom stereocenters. The van der Waals surface area contributed by atoms with Crippen LogP contribution < -0.4 is 0 Å². The van der Waals surface area contributed by atoms with E-state index in [1.165, 1.54) is 0 Å². The summed E-state index contributed by atoms with van der Waals surface area (Å²) in [6.45, 7) is 5.91. The molecule has 2 atom stereocenters. The molecule has 4 heteroatoms. The smallest absolute Gasteiger partial charge is 0.253 e. The topological polar surface area (TPSA) is 23.6 Å². The van der Waals surface area contributed by atoms with Crippen molar-refractivity contribution in [2.45, 2.75) is 30.8 Å². The van der Waals surface area contributed by atoms with Gasteiger partial charge in [0.2, 0.25) is 0 Å². The maximum Gasteiger partial charge on any atom is 0.253 e. The summed E-state index contributed by atoms with van der Waals surface area (Å²) in [7, 11) is 2.12. The van der Waals surface area contributed by atoms with Gasteiger partial charge in [-0.25, -0.2) is 0 Å². The number of hydrogen-bond donors (Lipinski definition) is 1. The van der Waals surface area contributed by atoms with Crippen molar-refractivity contribution < 1.29 is 4.79 Å². The fourth-order valence-corrected chi connectivity index (χ4v) is 2.51. The minimum atomic E-state index is 0.120. The van der Waals surface area contributed by atoms with Crippen molar-refractivity contribution in [3.63, 3.8) is 0 Å². The number of likely N-dealkylation sites (N-methyl/N-ethyl adjacent to an activating group) is 1. The van der Waals surface area contributed by atoms with E-state index in [0.29, 0.717) is 12.1 Å². The van der Waals surface area contributed by atoms with Crippen molar-refractivity contribution in [3.05, 3.63) is 29.8 Å². The standard InChI is InChI=1S/C14H20N2OS/c1-10-8-16(9-11(2)15(10)3)14(17)12-4-6-13(18)7-5-12/h4-7,10-11,18H,8-9H2,1-3H3. The number of carbonyl (C=O) groups excluding carboxylic acids is 1. The van der Waals surface area contributed by atoms with E-state index in [2.05, 4.69) is 38.4 Å². The van der Waals surface area contributed by atoms with Gasteiger partial charge in [-0.15, -0.1) is 12.6 Å². The molecular formula is C14H20N2OS. The van der Waals surface area contributed by atoms with Crippen LogP contribution >= 0.6 is 12.6 Å². The molecule has 1 saturated heterocycles. The van der Waals surface area contributed by atoms with E-state index in [1.807, 2.05) is 29.2 Å². The Bertz CT molecular complexity index is 420. The summed E-state index contributed by atoms with van der Waals surface area (Å²) in [5.41, 5.74) is 0.747. The summed E-state index contributed by atoms with van der Waals surface area (Å²) in [6.07, 6.45) is 0. The molecule has 1 aliphatic heterocycles. The lowest BCUT2D eigenvalue weighted by molar-refractivity contribution is 0.0414. The average molecular weight is 264 g/mol. The van der Waals surface area contributed by atoms with Crippen LogP contribution in [0.25, 0.3) is 0 Å². The Morgan fingerprint density at radius 2 is 1.67 bits per heavy atom. The van der Waals surface area contributed by atoms with Gasteiger partial charge in [0.05, 0.1) is 0 Å². The predicted octanol–water partition coefficient (Wildman–Crippen LogP) is 2.14. The molecule has 0 aromatic heterocycles. The van der Waals surface area contributed by atoms with E-state index in [0.717, 1.165) is 23.5 Å². The van der Waals surface area contributed by atoms with Gasteiger partial charge in [-0.3, -0.25) is 9.69 Å². The summed E-state index contributed by atoms with van der Waals surface area (Å²) >= 11 is 4.24. The second kappa shape index (κ2) is 5.33. The Labute approximate surface area is 114 Å². The summed E-state index contributed by atoms with van der Waals surface area (Å²) in [5.74, 6) is 0.120. The molecule has 18 heavy (non-hydrogen) atoms. The summed E-state index contributed by atoms with van der Waals surface area (Å²) in [4.78, 5) is 17.5. The average Bonchev–Trinajstić information content (AvgIpc) is 2.35. The number of hydrogen-bond acceptors (Lipinski definition) is 3. The van der Waals surface area contributed by atoms with Gasteiger partial charge in [-0.2, -0.15) is 0 Å². The van der Waals surface area contributed by atoms with Crippen molar-refractivity contribution in [1.82, 2.24) is 9.80 Å². The van der Waals surface area contributed by atoms with E-state index < -0.39 is 0 Å². The maximum atomic E-state index is 12.4. The van der Waals surface area contributed by atoms with Gasteiger partial charge >= 0.3 is 0 Å². The zero-order chi connectivity index (χ0) is 13.3. The Morgan fingerprint density at radius 3 is 2.17 bits per heavy atom. The minimum Gasteiger partial charge on any atom is -0.336 e. The van der Waals surface area contributed by atoms with Gasteiger partial charge < -0.3 is 4.90 Å². The largest absolute Gasteiger partial charge is 0.336 e. The quantitative estimate of drug-likeness (QED) is 0.786. The number of amides is 1. The molecule has 0 radical (unpaired) electrons. The molecule has 1 aliphatic rings. The van der Waals surface area contributed by atoms with Crippen molar-refractivity contribution in [2.24, 2.45) is 0 Å². The fraction of sp³-hybridized carbons (Fsp3) is 0.500. The van der Waals surface area contributed by atoms with Gasteiger partial charge in [0.15, 0.2) is 0 Å². The number of rotatable bonds is 1. The Morgan fingerprint density at radius 1 is 1.17 bits per heavy atom. The molecule has 0 bridgehead atoms. The van der Waals surface area contributed by atoms with E-state index in [1.54, 1.807) is 0 Å². The van der Waals surface area contributed by atoms with Crippen molar-refractivity contribution in [2.75, 3.05) is 20.1 Å². The summed E-state index contributed by atoms with van der Waals surface area (Å²) in [5, 5.41) is 0. The third kappa shape index (κ3) is 2.70. The van der Waals surface area contributed by atoms with E-state index in [4.69, 9.17) is 0 Å². The first-order valence-electron chi connectivity index (χ1n) is 6.29. The summed E-state index contributed by atoms with van der Waals surface area (Å²) < 4.78 is 0. The molecule has 2 rings (SSSR count). The van der Waals surface area contributed by atoms with E-state index in [9.17, 15) is 4.79 Å². The van der Waals surface area contributed by atoms with E-state index >= 15 is 0 Å². The monoisotopic (exact) mass is 264 g/mol. The van der Waals surface area contributed by atoms with Gasteiger partial charge in [0, 0.05) is 35.6 Å². The lowest BCUT2D eigenvalue weighted by atomic mass is 10.1. The molecule has 1 aromatic rings. The first kappa shape index (κ1) is 13.4. The minimum absolute atomic E-state index is 0.120. The molecule has 0 saturated carbocycles. The third-order valence-electron chi connectivity index (χ3n) is 3.76. The third-order valence-corrected chi connectivity index (χ3v) is 4.06. The number of carbonyl (C=O) groups is 1. The van der Waals surface area contributed by atoms with Crippen LogP contribution in [0.3, 0.4) is 0 Å². The summed E-state index contributed by atoms with van der Waals surface area (Å²) in [6, 6.07) is 8.22. The lowest BCUT2D eigenvalue weighted by Gasteiger charge is -2.42. The highest BCUT2D eigenvalue weighted by atomic mass is 32.1. The highest BCUT2D eigenvalue weighted by Crippen LogP contribution is 2.17. The van der Waals surface area contributed by atoms with Gasteiger partial charge in [0.1, 0.15) is 0 Å². The van der Waals surface area contributed by atoms with Crippen molar-refractivity contribution >= 4 is 18.5 Å². The first-order chi connectivity index (χ1) is 8.49. The molecule has 0 N–H and O–H groups in total. The first-order valence-corrected chi connectivity index (χ1v) is 6.74. The molecule has 3 nitrogen and oxygen atoms in total. The fourth-order valence-electron chi connectivity index (χ4n) is 2.36. The highest BCUT2D eigenvalue weighted by molar-refractivity contribution is 7.80. The number of benzene rings is 1. The van der Waals surface area contributed by atoms with Crippen LogP contribution in [0, 0.1) is 0 Å². The van der Waals surface area contributed by atoms with Crippen LogP contribution in [0.5, 0.6) is 0 Å². The number of thiol groups is 1. The van der Waals surface area contributed by atoms with Crippen LogP contribution in [-0.4, -0.2) is 47.9 Å². The predicted molar refractivity (Wildman–Crippen MR) is 76.3 cm³/mol. The van der Waals surface area contributed by atoms with Crippen LogP contribution in [0.1, 0.15) is 24.2 Å². The van der Waals surface area contributed by atoms with Gasteiger partial charge in [-0.05, 0) is 45.2 Å². The Balaban J connectivity index is 2.12. The normalized spacial score (nSPS) is 25.2. The SMILES string of the molecule is CC1CN(C(=O)c2ccc(S)cc2)CC(C)N1C. The molecule has 1 fully saturated rings. The van der Waals surface area contributed by atoms with Gasteiger partial charge in [-0.1, -0.05) is 0 Å². The Kier molecular flexibility index (Phi) is 3.97. The van der Waals surface area contributed by atoms with E-state index in [-0.39, 0.29) is 5.91 Å². The van der Waals surface area contributed by atoms with Crippen molar-refractivity contribution in [1.29, 1.82) is 0 Å². The van der Waals surface area contributed by atoms with Gasteiger partial charge in [0.25, 0.3) is 5.91 Å². The molecule has 0 spiro atoms. The lowest BCUT2D eigenvalue weighted by Crippen LogP contribution is -2.56. The number of nitrogens with zero attached hydrogens (tertiary/aromatic N) is 2. The Hall–Kier alpha value is -1.00. The second-order valence-corrected chi connectivity index (χ2v) is 5.64. The zero-order valence-corrected chi connectivity index (χ0v) is 12.0. The molecule has 98 valence electrons. The molecule has 1 aromatic carbocycles. The van der Waals surface area contributed by atoms with Crippen LogP contribution in [-0.2, 0) is 0 Å². The van der Waals surface area contributed by atoms with Crippen LogP contribution in [0.4, 0.5) is 0 Å². The maximum absolute atomic E-state index is 12.4. The van der Waals surface area contributed by atoms with Crippen LogP contribution in [0.2, 0.25) is 0 Å². The zero-order valence-electron chi connectivity index (χ0n) is 11.1. The number of piperazine rings is 1. The highest BCUT2D eigenvalue weighted by Gasteiger charge is 2.29. The van der Waals surface area contributed by atoms with Crippen molar-refractivity contribution in [3.8, 4) is 0 Å². The molecule has 1 amide bonds. The second-order valence-electron chi connectivity index (χ2n) is 5.12. The van der Waals surface area contributed by atoms with Crippen LogP contribution in [0.15, 0.2) is 29.2 Å². The molecule has 0 aliphatic carbocycles. The molecular weight excluding hydrogens is 244 g/mol. The molecule has 1 heterocycles.